The topological polar surface area (TPSA) is 51.7 Å². The summed E-state index contributed by atoms with van der Waals surface area (Å²) in [6, 6.07) is 6.67. The minimum Gasteiger partial charge on any atom is -0.506 e. The van der Waals surface area contributed by atoms with Crippen LogP contribution in [0.15, 0.2) is 24.3 Å². The molecule has 0 saturated carbocycles. The second-order valence-corrected chi connectivity index (χ2v) is 1.86. The molecule has 0 bridgehead atoms. The van der Waals surface area contributed by atoms with Crippen LogP contribution in [0.25, 0.3) is 0 Å². The third-order valence-corrected chi connectivity index (χ3v) is 1.17. The zero-order valence-corrected chi connectivity index (χ0v) is 5.39. The van der Waals surface area contributed by atoms with Crippen molar-refractivity contribution in [1.82, 2.24) is 0 Å². The van der Waals surface area contributed by atoms with Gasteiger partial charge in [-0.05, 0) is 12.1 Å². The fourth-order valence-corrected chi connectivity index (χ4v) is 0.587. The lowest BCUT2D eigenvalue weighted by Gasteiger charge is -1.89. The Morgan fingerprint density at radius 2 is 1.78 bits per heavy atom. The van der Waals surface area contributed by atoms with E-state index in [2.05, 4.69) is 0 Å². The van der Waals surface area contributed by atoms with E-state index < -0.39 is 0 Å². The summed E-state index contributed by atoms with van der Waals surface area (Å²) in [5.74, 6) is 0.133. The molecule has 0 unspecified atom stereocenters. The predicted molar refractivity (Wildman–Crippen MR) is 36.7 cm³/mol. The highest BCUT2D eigenvalue weighted by atomic mass is 35.5. The molecule has 2 nitrogen and oxygen atoms in total. The van der Waals surface area contributed by atoms with E-state index in [1.165, 1.54) is 0 Å². The van der Waals surface area contributed by atoms with E-state index in [1.807, 2.05) is 0 Å². The van der Waals surface area contributed by atoms with Crippen LogP contribution < -0.4 is 0 Å². The van der Waals surface area contributed by atoms with Crippen LogP contribution >= 0.6 is 11.6 Å². The molecule has 0 amide bonds. The first-order valence-corrected chi connectivity index (χ1v) is 2.62. The highest BCUT2D eigenvalue weighted by molar-refractivity contribution is 6.31. The van der Waals surface area contributed by atoms with Crippen LogP contribution in [-0.4, -0.2) is 10.6 Å². The van der Waals surface area contributed by atoms with Gasteiger partial charge in [0.25, 0.3) is 0 Å². The van der Waals surface area contributed by atoms with Crippen molar-refractivity contribution in [3.05, 3.63) is 29.3 Å². The van der Waals surface area contributed by atoms with Crippen molar-refractivity contribution in [1.29, 1.82) is 0 Å². The van der Waals surface area contributed by atoms with Gasteiger partial charge in [0.05, 0.1) is 5.02 Å². The summed E-state index contributed by atoms with van der Waals surface area (Å²) >= 11 is 5.46. The van der Waals surface area contributed by atoms with Crippen molar-refractivity contribution in [3.63, 3.8) is 0 Å². The Labute approximate surface area is 58.0 Å². The Morgan fingerprint density at radius 1 is 1.22 bits per heavy atom. The molecule has 0 atom stereocenters. The largest absolute Gasteiger partial charge is 0.506 e. The van der Waals surface area contributed by atoms with E-state index in [-0.39, 0.29) is 11.2 Å². The molecule has 0 saturated heterocycles. The van der Waals surface area contributed by atoms with Crippen molar-refractivity contribution in [2.45, 2.75) is 0 Å². The molecule has 1 aromatic rings. The standard InChI is InChI=1S/C6H5ClO.H2O/c7-5-3-1-2-4-6(5)8;/h1-4,8H;1H2. The third kappa shape index (κ3) is 1.91. The maximum atomic E-state index is 8.79. The Hall–Kier alpha value is -0.730. The number of hydrogen-bond donors (Lipinski definition) is 1. The van der Waals surface area contributed by atoms with Crippen molar-refractivity contribution >= 4 is 11.6 Å². The summed E-state index contributed by atoms with van der Waals surface area (Å²) in [5, 5.41) is 9.18. The summed E-state index contributed by atoms with van der Waals surface area (Å²) in [6.45, 7) is 0. The lowest BCUT2D eigenvalue weighted by molar-refractivity contribution is 0.475. The van der Waals surface area contributed by atoms with E-state index in [4.69, 9.17) is 16.7 Å². The summed E-state index contributed by atoms with van der Waals surface area (Å²) in [4.78, 5) is 0. The number of para-hydroxylation sites is 1. The Morgan fingerprint density at radius 3 is 2.11 bits per heavy atom. The molecule has 0 radical (unpaired) electrons. The van der Waals surface area contributed by atoms with Gasteiger partial charge in [-0.25, -0.2) is 0 Å². The van der Waals surface area contributed by atoms with Gasteiger partial charge in [-0.2, -0.15) is 0 Å². The second kappa shape index (κ2) is 3.33. The van der Waals surface area contributed by atoms with Crippen molar-refractivity contribution in [2.24, 2.45) is 0 Å². The molecule has 0 aliphatic carbocycles. The SMILES string of the molecule is O.Oc1ccccc1Cl. The monoisotopic (exact) mass is 146 g/mol. The van der Waals surface area contributed by atoms with E-state index in [9.17, 15) is 0 Å². The van der Waals surface area contributed by atoms with Gasteiger partial charge >= 0.3 is 0 Å². The molecule has 0 aliphatic rings. The molecule has 1 rings (SSSR count). The van der Waals surface area contributed by atoms with Crippen LogP contribution in [0, 0.1) is 0 Å². The molecule has 0 aromatic heterocycles. The van der Waals surface area contributed by atoms with Crippen LogP contribution in [0.1, 0.15) is 0 Å². The van der Waals surface area contributed by atoms with Crippen LogP contribution in [0.5, 0.6) is 5.75 Å². The minimum atomic E-state index is 0. The average molecular weight is 147 g/mol. The number of halogens is 1. The molecule has 9 heavy (non-hydrogen) atoms. The first kappa shape index (κ1) is 8.27. The first-order valence-electron chi connectivity index (χ1n) is 2.24. The molecule has 3 N–H and O–H groups in total. The van der Waals surface area contributed by atoms with Crippen molar-refractivity contribution in [3.8, 4) is 5.75 Å². The number of phenols is 1. The normalized spacial score (nSPS) is 8.11. The number of rotatable bonds is 0. The molecule has 50 valence electrons. The Balaban J connectivity index is 0.000000640. The second-order valence-electron chi connectivity index (χ2n) is 1.45. The summed E-state index contributed by atoms with van der Waals surface area (Å²) in [5.41, 5.74) is 0. The van der Waals surface area contributed by atoms with Crippen LogP contribution in [0.2, 0.25) is 5.02 Å². The molecule has 3 heteroatoms. The zero-order chi connectivity index (χ0) is 5.98. The molecular weight excluding hydrogens is 140 g/mol. The molecular formula is C6H7ClO2. The number of benzene rings is 1. The average Bonchev–Trinajstić information content (AvgIpc) is 1.77. The lowest BCUT2D eigenvalue weighted by atomic mass is 10.3. The van der Waals surface area contributed by atoms with Gasteiger partial charge in [-0.15, -0.1) is 0 Å². The van der Waals surface area contributed by atoms with Gasteiger partial charge in [-0.1, -0.05) is 23.7 Å². The minimum absolute atomic E-state index is 0. The number of hydrogen-bond acceptors (Lipinski definition) is 1. The highest BCUT2D eigenvalue weighted by Gasteiger charge is 1.89. The predicted octanol–water partition coefficient (Wildman–Crippen LogP) is 1.22. The maximum absolute atomic E-state index is 8.79. The maximum Gasteiger partial charge on any atom is 0.134 e. The first-order chi connectivity index (χ1) is 3.80. The van der Waals surface area contributed by atoms with Crippen molar-refractivity contribution < 1.29 is 10.6 Å². The van der Waals surface area contributed by atoms with E-state index in [1.54, 1.807) is 24.3 Å². The fraction of sp³-hybridized carbons (Fsp3) is 0. The zero-order valence-electron chi connectivity index (χ0n) is 4.63. The Kier molecular flexibility index (Phi) is 3.06. The van der Waals surface area contributed by atoms with Gasteiger partial charge in [0.1, 0.15) is 5.75 Å². The summed E-state index contributed by atoms with van der Waals surface area (Å²) in [6.07, 6.45) is 0. The third-order valence-electron chi connectivity index (χ3n) is 0.852. The number of phenolic OH excluding ortho intramolecular Hbond substituents is 1. The smallest absolute Gasteiger partial charge is 0.134 e. The highest BCUT2D eigenvalue weighted by Crippen LogP contribution is 2.20. The molecule has 0 aliphatic heterocycles. The van der Waals surface area contributed by atoms with Gasteiger partial charge in [-0.3, -0.25) is 0 Å². The molecule has 0 heterocycles. The summed E-state index contributed by atoms with van der Waals surface area (Å²) < 4.78 is 0. The van der Waals surface area contributed by atoms with E-state index in [0.29, 0.717) is 5.02 Å². The van der Waals surface area contributed by atoms with E-state index in [0.717, 1.165) is 0 Å². The lowest BCUT2D eigenvalue weighted by Crippen LogP contribution is -1.62. The summed E-state index contributed by atoms with van der Waals surface area (Å²) in [7, 11) is 0. The van der Waals surface area contributed by atoms with Gasteiger partial charge in [0.2, 0.25) is 0 Å². The number of aromatic hydroxyl groups is 1. The fourth-order valence-electron chi connectivity index (χ4n) is 0.452. The quantitative estimate of drug-likeness (QED) is 0.588. The molecule has 0 fully saturated rings. The van der Waals surface area contributed by atoms with Crippen LogP contribution in [0.3, 0.4) is 0 Å². The molecule has 1 aromatic carbocycles. The van der Waals surface area contributed by atoms with Crippen molar-refractivity contribution in [2.75, 3.05) is 0 Å². The van der Waals surface area contributed by atoms with Gasteiger partial charge in [0.15, 0.2) is 0 Å². The van der Waals surface area contributed by atoms with Gasteiger partial charge < -0.3 is 10.6 Å². The van der Waals surface area contributed by atoms with E-state index >= 15 is 0 Å². The van der Waals surface area contributed by atoms with Crippen LogP contribution in [0.4, 0.5) is 0 Å². The van der Waals surface area contributed by atoms with Crippen LogP contribution in [-0.2, 0) is 0 Å². The van der Waals surface area contributed by atoms with Gasteiger partial charge in [0, 0.05) is 0 Å². The Bertz CT molecular complexity index is 167. The molecule has 0 spiro atoms.